The first-order chi connectivity index (χ1) is 31.9. The molecule has 3 rings (SSSR count). The van der Waals surface area contributed by atoms with Crippen LogP contribution >= 0.6 is 0 Å². The molecule has 0 fully saturated rings. The molecule has 350 valence electrons. The van der Waals surface area contributed by atoms with Crippen LogP contribution in [-0.4, -0.2) is 84.8 Å². The van der Waals surface area contributed by atoms with Crippen molar-refractivity contribution in [2.24, 2.45) is 5.92 Å². The summed E-state index contributed by atoms with van der Waals surface area (Å²) in [4.78, 5) is 102. The van der Waals surface area contributed by atoms with E-state index < -0.39 is 42.3 Å². The summed E-state index contributed by atoms with van der Waals surface area (Å²) in [5.74, 6) is -3.42. The van der Waals surface area contributed by atoms with Gasteiger partial charge in [-0.3, -0.25) is 0 Å². The summed E-state index contributed by atoms with van der Waals surface area (Å²) >= 11 is 0. The fourth-order valence-corrected chi connectivity index (χ4v) is 9.32. The van der Waals surface area contributed by atoms with Crippen LogP contribution in [0.15, 0.2) is 107 Å². The van der Waals surface area contributed by atoms with E-state index in [4.69, 9.17) is 14.2 Å². The van der Waals surface area contributed by atoms with Crippen molar-refractivity contribution in [1.82, 2.24) is 0 Å². The van der Waals surface area contributed by atoms with Crippen LogP contribution < -0.4 is 15.6 Å². The monoisotopic (exact) mass is 956 g/mol. The van der Waals surface area contributed by atoms with Crippen LogP contribution in [0.2, 0.25) is 0 Å². The first kappa shape index (κ1) is 54.1. The van der Waals surface area contributed by atoms with E-state index in [-0.39, 0.29) is 49.4 Å². The maximum atomic E-state index is 12.5. The summed E-state index contributed by atoms with van der Waals surface area (Å²) in [6, 6.07) is 20.2. The quantitative estimate of drug-likeness (QED) is 0.0291. The molecule has 0 aliphatic heterocycles. The molecule has 0 saturated carbocycles. The predicted octanol–water partition coefficient (Wildman–Crippen LogP) is 8.26. The molecule has 0 N–H and O–H groups in total. The molecular weight excluding hydrogens is 901 g/mol. The molecule has 0 aromatic heterocycles. The average molecular weight is 957 g/mol. The smallest absolute Gasteiger partial charge is 0.432 e. The second-order valence-electron chi connectivity index (χ2n) is 14.1. The zero-order chi connectivity index (χ0) is 48.1. The molecule has 0 aliphatic rings. The topological polar surface area (TPSA) is 185 Å². The molecule has 18 heteroatoms. The Labute approximate surface area is 393 Å². The molecule has 15 nitrogen and oxygen atoms in total. The van der Waals surface area contributed by atoms with E-state index in [2.05, 4.69) is 89.1 Å². The highest BCUT2D eigenvalue weighted by Crippen LogP contribution is 2.14. The van der Waals surface area contributed by atoms with Gasteiger partial charge in [-0.15, -0.1) is 0 Å². The zero-order valence-electron chi connectivity index (χ0n) is 38.1. The van der Waals surface area contributed by atoms with E-state index in [1.165, 1.54) is 15.6 Å². The van der Waals surface area contributed by atoms with E-state index in [0.29, 0.717) is 28.6 Å². The van der Waals surface area contributed by atoms with Crippen molar-refractivity contribution in [2.45, 2.75) is 92.9 Å². The Morgan fingerprint density at radius 2 is 0.712 bits per heavy atom. The van der Waals surface area contributed by atoms with Crippen LogP contribution in [0.1, 0.15) is 124 Å². The summed E-state index contributed by atoms with van der Waals surface area (Å²) in [6.07, 6.45) is 8.11. The summed E-state index contributed by atoms with van der Waals surface area (Å²) in [5, 5.41) is 7.01. The second-order valence-corrected chi connectivity index (χ2v) is 18.6. The zero-order valence-corrected chi connectivity index (χ0v) is 41.1. The Morgan fingerprint density at radius 1 is 0.424 bits per heavy atom. The molecule has 0 atom stereocenters. The Morgan fingerprint density at radius 3 is 0.985 bits per heavy atom. The van der Waals surface area contributed by atoms with Crippen LogP contribution in [0, 0.1) is 5.92 Å². The fourth-order valence-electron chi connectivity index (χ4n) is 5.76. The lowest BCUT2D eigenvalue weighted by Crippen LogP contribution is -2.22. The van der Waals surface area contributed by atoms with E-state index in [1.807, 2.05) is 0 Å². The van der Waals surface area contributed by atoms with Gasteiger partial charge in [0.15, 0.2) is 0 Å². The van der Waals surface area contributed by atoms with Crippen molar-refractivity contribution in [1.29, 1.82) is 0 Å². The van der Waals surface area contributed by atoms with Crippen molar-refractivity contribution in [3.05, 3.63) is 123 Å². The third-order valence-corrected chi connectivity index (χ3v) is 13.8. The van der Waals surface area contributed by atoms with Gasteiger partial charge in [0, 0.05) is 0 Å². The highest BCUT2D eigenvalue weighted by molar-refractivity contribution is 6.61. The van der Waals surface area contributed by atoms with Gasteiger partial charge in [-0.2, -0.15) is 14.4 Å². The lowest BCUT2D eigenvalue weighted by atomic mass is 10.0. The normalized spacial score (nSPS) is 12.0. The number of carbonyl (C=O) groups is 6. The fraction of sp³-hybridized carbons (Fsp3) is 0.375. The number of ether oxygens (including phenoxy) is 3. The van der Waals surface area contributed by atoms with E-state index in [1.54, 1.807) is 72.8 Å². The SMILES string of the molecule is CC/C=C(\CC)[Si]c1ccc(C(=O)OOC(=O)OCCC(CCOC(=O)OOC(=O)c2ccc([Si]/C(=C/CC)CC)cc2)COC(=O)OOC(=O)c2ccc([Si]/C(=C/CC)CC)cc2)cc1. The third kappa shape index (κ3) is 20.7. The van der Waals surface area contributed by atoms with Gasteiger partial charge in [-0.05, 0) is 93.7 Å². The molecule has 0 spiro atoms. The molecule has 0 aliphatic carbocycles. The van der Waals surface area contributed by atoms with Crippen LogP contribution in [0.5, 0.6) is 0 Å². The van der Waals surface area contributed by atoms with Gasteiger partial charge in [-0.1, -0.05) is 127 Å². The van der Waals surface area contributed by atoms with Crippen LogP contribution in [0.3, 0.4) is 0 Å². The van der Waals surface area contributed by atoms with Gasteiger partial charge in [0.1, 0.15) is 28.6 Å². The third-order valence-electron chi connectivity index (χ3n) is 9.26. The lowest BCUT2D eigenvalue weighted by molar-refractivity contribution is -0.206. The van der Waals surface area contributed by atoms with Crippen LogP contribution in [0.25, 0.3) is 0 Å². The molecule has 0 saturated heterocycles. The summed E-state index contributed by atoms with van der Waals surface area (Å²) < 4.78 is 15.2. The minimum Gasteiger partial charge on any atom is -0.432 e. The molecule has 0 amide bonds. The van der Waals surface area contributed by atoms with Gasteiger partial charge < -0.3 is 14.2 Å². The van der Waals surface area contributed by atoms with Gasteiger partial charge >= 0.3 is 36.4 Å². The molecule has 66 heavy (non-hydrogen) atoms. The number of hydrogen-bond acceptors (Lipinski definition) is 15. The standard InChI is InChI=1S/C48H56O15Si3/c1-7-13-37(10-4)64-40-22-16-34(17-23-40)43(49)58-61-46(52)55-30-28-33(32-57-48(54)63-60-45(51)36-20-26-42(27-21-36)66-39(12-6)15-9-3)29-31-56-47(53)62-59-44(50)35-18-24-41(25-19-35)65-38(11-5)14-8-2/h13-27,33H,7-12,28-32H2,1-6H3/b37-13+,38-14+,39-15+. The molecule has 3 aromatic rings. The first-order valence-electron chi connectivity index (χ1n) is 21.8. The summed E-state index contributed by atoms with van der Waals surface area (Å²) in [7, 11) is 1.39. The van der Waals surface area contributed by atoms with E-state index in [0.717, 1.165) is 54.1 Å². The first-order valence-corrected chi connectivity index (χ1v) is 24.8. The van der Waals surface area contributed by atoms with Gasteiger partial charge in [-0.25, -0.2) is 43.7 Å². The van der Waals surface area contributed by atoms with Crippen molar-refractivity contribution in [3.8, 4) is 0 Å². The van der Waals surface area contributed by atoms with E-state index >= 15 is 0 Å². The Hall–Kier alpha value is -6.25. The lowest BCUT2D eigenvalue weighted by Gasteiger charge is -2.16. The van der Waals surface area contributed by atoms with Gasteiger partial charge in [0.05, 0.1) is 36.5 Å². The highest BCUT2D eigenvalue weighted by atomic mass is 28.2. The Kier molecular flexibility index (Phi) is 25.2. The van der Waals surface area contributed by atoms with Gasteiger partial charge in [0.2, 0.25) is 0 Å². The maximum absolute atomic E-state index is 12.5. The maximum Gasteiger partial charge on any atom is 0.549 e. The molecular formula is C48H56O15Si3. The molecule has 0 unspecified atom stereocenters. The Balaban J connectivity index is 1.51. The second kappa shape index (κ2) is 30.8. The molecule has 0 heterocycles. The number of carbonyl (C=O) groups excluding carboxylic acids is 6. The van der Waals surface area contributed by atoms with Crippen molar-refractivity contribution in [3.63, 3.8) is 0 Å². The number of rotatable bonds is 23. The van der Waals surface area contributed by atoms with Crippen molar-refractivity contribution >= 4 is 80.5 Å². The van der Waals surface area contributed by atoms with Gasteiger partial charge in [0.25, 0.3) is 0 Å². The summed E-state index contributed by atoms with van der Waals surface area (Å²) in [6.45, 7) is 11.4. The number of benzene rings is 3. The van der Waals surface area contributed by atoms with E-state index in [9.17, 15) is 28.8 Å². The molecule has 3 aromatic carbocycles. The molecule has 0 bridgehead atoms. The summed E-state index contributed by atoms with van der Waals surface area (Å²) in [5.41, 5.74) is 0.465. The largest absolute Gasteiger partial charge is 0.549 e. The number of allylic oxidation sites excluding steroid dienone is 6. The van der Waals surface area contributed by atoms with Crippen molar-refractivity contribution < 1.29 is 72.3 Å². The minimum absolute atomic E-state index is 0.00271. The predicted molar refractivity (Wildman–Crippen MR) is 248 cm³/mol. The van der Waals surface area contributed by atoms with Crippen LogP contribution in [-0.2, 0) is 43.5 Å². The minimum atomic E-state index is -1.35. The van der Waals surface area contributed by atoms with Crippen molar-refractivity contribution in [2.75, 3.05) is 19.8 Å². The highest BCUT2D eigenvalue weighted by Gasteiger charge is 2.21. The Bertz CT molecular complexity index is 2010. The average Bonchev–Trinajstić information content (AvgIpc) is 3.33. The molecule has 6 radical (unpaired) electrons. The van der Waals surface area contributed by atoms with Crippen LogP contribution in [0.4, 0.5) is 14.4 Å². The number of hydrogen-bond donors (Lipinski definition) is 0.